The topological polar surface area (TPSA) is 28.4 Å². The van der Waals surface area contributed by atoms with Crippen LogP contribution in [0.25, 0.3) is 0 Å². The maximum atomic E-state index is 5.71. The molecule has 0 aliphatic heterocycles. The van der Waals surface area contributed by atoms with E-state index in [2.05, 4.69) is 37.1 Å². The van der Waals surface area contributed by atoms with Crippen LogP contribution in [0.2, 0.25) is 0 Å². The molecule has 0 atom stereocenters. The number of hydrogen-bond acceptors (Lipinski definition) is 3. The Bertz CT molecular complexity index is 334. The van der Waals surface area contributed by atoms with E-state index in [1.807, 2.05) is 21.0 Å². The third-order valence-corrected chi connectivity index (χ3v) is 2.35. The first-order valence-corrected chi connectivity index (χ1v) is 5.76. The summed E-state index contributed by atoms with van der Waals surface area (Å²) in [6.45, 7) is 10.3. The molecule has 0 bridgehead atoms. The van der Waals surface area contributed by atoms with Crippen LogP contribution in [-0.4, -0.2) is 24.5 Å². The van der Waals surface area contributed by atoms with Gasteiger partial charge in [0.1, 0.15) is 11.5 Å². The molecule has 0 saturated carbocycles. The summed E-state index contributed by atoms with van der Waals surface area (Å²) in [5, 5.41) is 3.47. The molecular formula is C13H24N2O. The average molecular weight is 224 g/mol. The van der Waals surface area contributed by atoms with Gasteiger partial charge in [-0.1, -0.05) is 0 Å². The molecule has 1 heterocycles. The molecule has 1 aromatic rings. The molecule has 0 aromatic carbocycles. The highest BCUT2D eigenvalue weighted by atomic mass is 16.3. The molecule has 0 radical (unpaired) electrons. The summed E-state index contributed by atoms with van der Waals surface area (Å²) in [6, 6.07) is 2.15. The van der Waals surface area contributed by atoms with Crippen LogP contribution in [0.3, 0.4) is 0 Å². The van der Waals surface area contributed by atoms with Gasteiger partial charge in [0.05, 0.1) is 6.54 Å². The predicted octanol–water partition coefficient (Wildman–Crippen LogP) is 2.54. The van der Waals surface area contributed by atoms with Crippen molar-refractivity contribution in [2.45, 2.75) is 46.3 Å². The van der Waals surface area contributed by atoms with Gasteiger partial charge >= 0.3 is 0 Å². The van der Waals surface area contributed by atoms with E-state index in [4.69, 9.17) is 4.42 Å². The molecule has 1 N–H and O–H groups in total. The summed E-state index contributed by atoms with van der Waals surface area (Å²) in [4.78, 5) is 2.11. The number of rotatable bonds is 4. The van der Waals surface area contributed by atoms with Gasteiger partial charge in [0.2, 0.25) is 0 Å². The lowest BCUT2D eigenvalue weighted by Crippen LogP contribution is -2.35. The van der Waals surface area contributed by atoms with Crippen LogP contribution in [0.1, 0.15) is 37.9 Å². The van der Waals surface area contributed by atoms with E-state index in [1.54, 1.807) is 0 Å². The molecule has 0 aliphatic carbocycles. The Labute approximate surface area is 98.8 Å². The first-order valence-electron chi connectivity index (χ1n) is 5.76. The lowest BCUT2D eigenvalue weighted by atomic mass is 10.1. The van der Waals surface area contributed by atoms with E-state index in [0.29, 0.717) is 0 Å². The van der Waals surface area contributed by atoms with Crippen LogP contribution in [0.4, 0.5) is 0 Å². The van der Waals surface area contributed by atoms with Gasteiger partial charge in [0.15, 0.2) is 0 Å². The van der Waals surface area contributed by atoms with Gasteiger partial charge in [0.25, 0.3) is 0 Å². The second-order valence-electron chi connectivity index (χ2n) is 5.64. The Hall–Kier alpha value is -0.800. The zero-order chi connectivity index (χ0) is 12.3. The van der Waals surface area contributed by atoms with E-state index in [1.165, 1.54) is 5.56 Å². The van der Waals surface area contributed by atoms with Gasteiger partial charge in [-0.2, -0.15) is 0 Å². The monoisotopic (exact) mass is 224 g/mol. The van der Waals surface area contributed by atoms with Crippen LogP contribution in [0.15, 0.2) is 10.5 Å². The van der Waals surface area contributed by atoms with Crippen LogP contribution < -0.4 is 5.32 Å². The maximum absolute atomic E-state index is 5.71. The fraction of sp³-hybridized carbons (Fsp3) is 0.692. The maximum Gasteiger partial charge on any atom is 0.118 e. The third kappa shape index (κ3) is 4.37. The third-order valence-electron chi connectivity index (χ3n) is 2.35. The molecule has 0 aliphatic rings. The minimum atomic E-state index is 0.144. The van der Waals surface area contributed by atoms with Gasteiger partial charge in [0, 0.05) is 17.6 Å². The molecule has 3 heteroatoms. The highest BCUT2D eigenvalue weighted by Gasteiger charge is 2.12. The highest BCUT2D eigenvalue weighted by Crippen LogP contribution is 2.16. The predicted molar refractivity (Wildman–Crippen MR) is 67.4 cm³/mol. The Morgan fingerprint density at radius 1 is 1.31 bits per heavy atom. The zero-order valence-electron chi connectivity index (χ0n) is 11.3. The second kappa shape index (κ2) is 5.02. The molecule has 1 rings (SSSR count). The standard InChI is InChI=1S/C13H24N2O/c1-10-11(8-14-13(2,3)4)7-12(16-10)9-15(5)6/h7,14H,8-9H2,1-6H3. The van der Waals surface area contributed by atoms with Crippen LogP contribution in [0.5, 0.6) is 0 Å². The van der Waals surface area contributed by atoms with Gasteiger partial charge < -0.3 is 14.6 Å². The number of nitrogens with zero attached hydrogens (tertiary/aromatic N) is 1. The van der Waals surface area contributed by atoms with Crippen molar-refractivity contribution in [1.82, 2.24) is 10.2 Å². The molecular weight excluding hydrogens is 200 g/mol. The number of hydrogen-bond donors (Lipinski definition) is 1. The largest absolute Gasteiger partial charge is 0.465 e. The number of nitrogens with one attached hydrogen (secondary N) is 1. The fourth-order valence-electron chi connectivity index (χ4n) is 1.51. The smallest absolute Gasteiger partial charge is 0.118 e. The lowest BCUT2D eigenvalue weighted by Gasteiger charge is -2.20. The van der Waals surface area contributed by atoms with Gasteiger partial charge in [-0.05, 0) is 47.9 Å². The molecule has 0 saturated heterocycles. The Kier molecular flexibility index (Phi) is 4.16. The van der Waals surface area contributed by atoms with E-state index in [-0.39, 0.29) is 5.54 Å². The average Bonchev–Trinajstić information content (AvgIpc) is 2.40. The van der Waals surface area contributed by atoms with Crippen molar-refractivity contribution in [3.8, 4) is 0 Å². The highest BCUT2D eigenvalue weighted by molar-refractivity contribution is 5.20. The van der Waals surface area contributed by atoms with E-state index >= 15 is 0 Å². The summed E-state index contributed by atoms with van der Waals surface area (Å²) in [7, 11) is 4.09. The minimum Gasteiger partial charge on any atom is -0.465 e. The molecule has 16 heavy (non-hydrogen) atoms. The normalized spacial score (nSPS) is 12.4. The van der Waals surface area contributed by atoms with E-state index < -0.39 is 0 Å². The quantitative estimate of drug-likeness (QED) is 0.852. The SMILES string of the molecule is Cc1oc(CN(C)C)cc1CNC(C)(C)C. The summed E-state index contributed by atoms with van der Waals surface area (Å²) in [5.74, 6) is 2.06. The van der Waals surface area contributed by atoms with Gasteiger partial charge in [-0.3, -0.25) is 0 Å². The van der Waals surface area contributed by atoms with Crippen molar-refractivity contribution in [2.24, 2.45) is 0 Å². The summed E-state index contributed by atoms with van der Waals surface area (Å²) in [6.07, 6.45) is 0. The lowest BCUT2D eigenvalue weighted by molar-refractivity contribution is 0.344. The molecule has 92 valence electrons. The van der Waals surface area contributed by atoms with Crippen molar-refractivity contribution in [3.63, 3.8) is 0 Å². The Balaban J connectivity index is 2.63. The van der Waals surface area contributed by atoms with Crippen molar-refractivity contribution in [2.75, 3.05) is 14.1 Å². The summed E-state index contributed by atoms with van der Waals surface area (Å²) >= 11 is 0. The molecule has 1 aromatic heterocycles. The number of aryl methyl sites for hydroxylation is 1. The first kappa shape index (κ1) is 13.3. The second-order valence-corrected chi connectivity index (χ2v) is 5.64. The molecule has 0 amide bonds. The fourth-order valence-corrected chi connectivity index (χ4v) is 1.51. The summed E-state index contributed by atoms with van der Waals surface area (Å²) < 4.78 is 5.71. The van der Waals surface area contributed by atoms with E-state index in [9.17, 15) is 0 Å². The minimum absolute atomic E-state index is 0.144. The van der Waals surface area contributed by atoms with Crippen molar-refractivity contribution >= 4 is 0 Å². The van der Waals surface area contributed by atoms with Crippen LogP contribution >= 0.6 is 0 Å². The zero-order valence-corrected chi connectivity index (χ0v) is 11.3. The van der Waals surface area contributed by atoms with Gasteiger partial charge in [-0.15, -0.1) is 0 Å². The van der Waals surface area contributed by atoms with Crippen LogP contribution in [-0.2, 0) is 13.1 Å². The van der Waals surface area contributed by atoms with E-state index in [0.717, 1.165) is 24.6 Å². The first-order chi connectivity index (χ1) is 7.28. The summed E-state index contributed by atoms with van der Waals surface area (Å²) in [5.41, 5.74) is 1.40. The Morgan fingerprint density at radius 3 is 2.44 bits per heavy atom. The molecule has 0 unspecified atom stereocenters. The van der Waals surface area contributed by atoms with Crippen molar-refractivity contribution < 1.29 is 4.42 Å². The van der Waals surface area contributed by atoms with Crippen LogP contribution in [0, 0.1) is 6.92 Å². The Morgan fingerprint density at radius 2 is 1.94 bits per heavy atom. The molecule has 3 nitrogen and oxygen atoms in total. The molecule has 0 fully saturated rings. The van der Waals surface area contributed by atoms with Gasteiger partial charge in [-0.25, -0.2) is 0 Å². The van der Waals surface area contributed by atoms with Crippen molar-refractivity contribution in [3.05, 3.63) is 23.2 Å². The molecule has 0 spiro atoms. The number of furan rings is 1. The van der Waals surface area contributed by atoms with Crippen molar-refractivity contribution in [1.29, 1.82) is 0 Å².